The van der Waals surface area contributed by atoms with Crippen molar-refractivity contribution in [1.29, 1.82) is 0 Å². The number of anilines is 1. The molecule has 2 aromatic carbocycles. The Hall–Kier alpha value is -2.45. The summed E-state index contributed by atoms with van der Waals surface area (Å²) >= 11 is 5.94. The Morgan fingerprint density at radius 1 is 1.08 bits per heavy atom. The van der Waals surface area contributed by atoms with Crippen LogP contribution in [0.1, 0.15) is 10.4 Å². The second-order valence-electron chi connectivity index (χ2n) is 4.62. The summed E-state index contributed by atoms with van der Waals surface area (Å²) in [5.41, 5.74) is -0.129. The van der Waals surface area contributed by atoms with Gasteiger partial charge in [-0.1, -0.05) is 11.6 Å². The zero-order valence-corrected chi connectivity index (χ0v) is 14.3. The molecule has 0 aliphatic rings. The molecule has 2 aromatic rings. The number of aromatic carboxylic acids is 1. The summed E-state index contributed by atoms with van der Waals surface area (Å²) in [6, 6.07) is 7.79. The molecule has 9 heteroatoms. The molecule has 7 nitrogen and oxygen atoms in total. The minimum atomic E-state index is -4.00. The monoisotopic (exact) mass is 371 g/mol. The highest BCUT2D eigenvalue weighted by Crippen LogP contribution is 2.31. The Labute approximate surface area is 143 Å². The zero-order valence-electron chi connectivity index (χ0n) is 12.7. The second-order valence-corrected chi connectivity index (χ2v) is 6.71. The number of nitrogens with one attached hydrogen (secondary N) is 1. The Bertz CT molecular complexity index is 882. The van der Waals surface area contributed by atoms with Crippen molar-refractivity contribution in [2.24, 2.45) is 0 Å². The summed E-state index contributed by atoms with van der Waals surface area (Å²) in [5.74, 6) is -0.577. The molecule has 0 aliphatic heterocycles. The van der Waals surface area contributed by atoms with Crippen LogP contribution in [0.2, 0.25) is 5.02 Å². The molecule has 0 aromatic heterocycles. The number of carboxylic acid groups (broad SMARTS) is 1. The molecule has 0 spiro atoms. The van der Waals surface area contributed by atoms with Crippen LogP contribution in [0.4, 0.5) is 5.69 Å². The van der Waals surface area contributed by atoms with E-state index in [9.17, 15) is 13.2 Å². The van der Waals surface area contributed by atoms with Crippen molar-refractivity contribution in [2.45, 2.75) is 4.90 Å². The van der Waals surface area contributed by atoms with Crippen LogP contribution in [0.3, 0.4) is 0 Å². The molecule has 0 heterocycles. The van der Waals surface area contributed by atoms with Gasteiger partial charge in [0.05, 0.1) is 35.4 Å². The van der Waals surface area contributed by atoms with Gasteiger partial charge in [0, 0.05) is 6.07 Å². The number of halogens is 1. The van der Waals surface area contributed by atoms with Crippen molar-refractivity contribution >= 4 is 33.3 Å². The van der Waals surface area contributed by atoms with E-state index in [2.05, 4.69) is 4.72 Å². The highest BCUT2D eigenvalue weighted by Gasteiger charge is 2.19. The minimum absolute atomic E-state index is 0.0358. The highest BCUT2D eigenvalue weighted by atomic mass is 35.5. The van der Waals surface area contributed by atoms with Crippen LogP contribution in [-0.2, 0) is 10.0 Å². The van der Waals surface area contributed by atoms with Gasteiger partial charge in [0.25, 0.3) is 10.0 Å². The molecule has 0 radical (unpaired) electrons. The second kappa shape index (κ2) is 6.98. The van der Waals surface area contributed by atoms with Crippen LogP contribution in [0.15, 0.2) is 41.3 Å². The van der Waals surface area contributed by atoms with E-state index in [1.807, 2.05) is 0 Å². The Morgan fingerprint density at radius 2 is 1.75 bits per heavy atom. The lowest BCUT2D eigenvalue weighted by molar-refractivity contribution is 0.0697. The average Bonchev–Trinajstić information content (AvgIpc) is 2.55. The lowest BCUT2D eigenvalue weighted by Gasteiger charge is -2.13. The highest BCUT2D eigenvalue weighted by molar-refractivity contribution is 7.92. The smallest absolute Gasteiger partial charge is 0.335 e. The molecule has 0 bridgehead atoms. The van der Waals surface area contributed by atoms with Crippen molar-refractivity contribution in [3.63, 3.8) is 0 Å². The van der Waals surface area contributed by atoms with E-state index in [1.165, 1.54) is 44.6 Å². The van der Waals surface area contributed by atoms with E-state index in [0.29, 0.717) is 5.75 Å². The Morgan fingerprint density at radius 3 is 2.33 bits per heavy atom. The van der Waals surface area contributed by atoms with Crippen LogP contribution in [0, 0.1) is 0 Å². The average molecular weight is 372 g/mol. The third-order valence-electron chi connectivity index (χ3n) is 3.12. The molecule has 24 heavy (non-hydrogen) atoms. The predicted molar refractivity (Wildman–Crippen MR) is 88.8 cm³/mol. The van der Waals surface area contributed by atoms with E-state index in [1.54, 1.807) is 0 Å². The first-order valence-electron chi connectivity index (χ1n) is 6.56. The molecule has 0 amide bonds. The van der Waals surface area contributed by atoms with Gasteiger partial charge in [-0.2, -0.15) is 0 Å². The fraction of sp³-hybridized carbons (Fsp3) is 0.133. The van der Waals surface area contributed by atoms with Crippen LogP contribution in [0.5, 0.6) is 11.5 Å². The summed E-state index contributed by atoms with van der Waals surface area (Å²) in [4.78, 5) is 10.9. The lowest BCUT2D eigenvalue weighted by atomic mass is 10.2. The maximum Gasteiger partial charge on any atom is 0.335 e. The largest absolute Gasteiger partial charge is 0.493 e. The van der Waals surface area contributed by atoms with Gasteiger partial charge in [0.2, 0.25) is 0 Å². The standard InChI is InChI=1S/C15H14ClNO6S/c1-22-13-6-4-10(8-14(13)23-2)24(20,21)17-12-7-9(15(18)19)3-5-11(12)16/h3-8,17H,1-2H3,(H,18,19). The Kier molecular flexibility index (Phi) is 5.20. The fourth-order valence-corrected chi connectivity index (χ4v) is 3.23. The summed E-state index contributed by atoms with van der Waals surface area (Å²) < 4.78 is 37.4. The van der Waals surface area contributed by atoms with Gasteiger partial charge >= 0.3 is 5.97 Å². The molecular weight excluding hydrogens is 358 g/mol. The van der Waals surface area contributed by atoms with E-state index < -0.39 is 16.0 Å². The molecular formula is C15H14ClNO6S. The van der Waals surface area contributed by atoms with Gasteiger partial charge < -0.3 is 14.6 Å². The van der Waals surface area contributed by atoms with Crippen molar-refractivity contribution in [3.05, 3.63) is 47.0 Å². The van der Waals surface area contributed by atoms with Crippen molar-refractivity contribution in [2.75, 3.05) is 18.9 Å². The van der Waals surface area contributed by atoms with Crippen LogP contribution < -0.4 is 14.2 Å². The summed E-state index contributed by atoms with van der Waals surface area (Å²) in [7, 11) is -1.18. The molecule has 0 atom stereocenters. The SMILES string of the molecule is COc1ccc(S(=O)(=O)Nc2cc(C(=O)O)ccc2Cl)cc1OC. The van der Waals surface area contributed by atoms with Gasteiger partial charge in [-0.3, -0.25) is 4.72 Å². The first kappa shape index (κ1) is 17.9. The molecule has 128 valence electrons. The molecule has 0 saturated carbocycles. The van der Waals surface area contributed by atoms with Crippen molar-refractivity contribution in [3.8, 4) is 11.5 Å². The minimum Gasteiger partial charge on any atom is -0.493 e. The fourth-order valence-electron chi connectivity index (χ4n) is 1.92. The number of hydrogen-bond donors (Lipinski definition) is 2. The van der Waals surface area contributed by atoms with Crippen molar-refractivity contribution in [1.82, 2.24) is 0 Å². The number of sulfonamides is 1. The van der Waals surface area contributed by atoms with E-state index in [-0.39, 0.29) is 26.9 Å². The zero-order chi connectivity index (χ0) is 17.9. The number of rotatable bonds is 6. The molecule has 0 saturated heterocycles. The maximum atomic E-state index is 12.5. The predicted octanol–water partition coefficient (Wildman–Crippen LogP) is 2.86. The normalized spacial score (nSPS) is 11.0. The Balaban J connectivity index is 2.42. The summed E-state index contributed by atoms with van der Waals surface area (Å²) in [5, 5.41) is 9.06. The first-order chi connectivity index (χ1) is 11.3. The van der Waals surface area contributed by atoms with Crippen LogP contribution in [-0.4, -0.2) is 33.7 Å². The van der Waals surface area contributed by atoms with Gasteiger partial charge in [-0.05, 0) is 30.3 Å². The third kappa shape index (κ3) is 3.72. The number of methoxy groups -OCH3 is 2. The lowest BCUT2D eigenvalue weighted by Crippen LogP contribution is -2.14. The van der Waals surface area contributed by atoms with Gasteiger partial charge in [-0.25, -0.2) is 13.2 Å². The molecule has 2 rings (SSSR count). The molecule has 0 aliphatic carbocycles. The van der Waals surface area contributed by atoms with Crippen LogP contribution in [0.25, 0.3) is 0 Å². The topological polar surface area (TPSA) is 102 Å². The first-order valence-corrected chi connectivity index (χ1v) is 8.42. The quantitative estimate of drug-likeness (QED) is 0.809. The van der Waals surface area contributed by atoms with E-state index in [4.69, 9.17) is 26.2 Å². The van der Waals surface area contributed by atoms with E-state index in [0.717, 1.165) is 6.07 Å². The number of benzene rings is 2. The van der Waals surface area contributed by atoms with Gasteiger partial charge in [0.15, 0.2) is 11.5 Å². The van der Waals surface area contributed by atoms with Gasteiger partial charge in [-0.15, -0.1) is 0 Å². The molecule has 2 N–H and O–H groups in total. The summed E-state index contributed by atoms with van der Waals surface area (Å²) in [6.45, 7) is 0. The number of carbonyl (C=O) groups is 1. The number of hydrogen-bond acceptors (Lipinski definition) is 5. The summed E-state index contributed by atoms with van der Waals surface area (Å²) in [6.07, 6.45) is 0. The number of carboxylic acids is 1. The third-order valence-corrected chi connectivity index (χ3v) is 4.82. The molecule has 0 unspecified atom stereocenters. The molecule has 0 fully saturated rings. The number of ether oxygens (including phenoxy) is 2. The van der Waals surface area contributed by atoms with Crippen molar-refractivity contribution < 1.29 is 27.8 Å². The van der Waals surface area contributed by atoms with Gasteiger partial charge in [0.1, 0.15) is 0 Å². The van der Waals surface area contributed by atoms with Crippen LogP contribution >= 0.6 is 11.6 Å². The maximum absolute atomic E-state index is 12.5. The van der Waals surface area contributed by atoms with E-state index >= 15 is 0 Å².